The Morgan fingerprint density at radius 3 is 2.85 bits per heavy atom. The van der Waals surface area contributed by atoms with Crippen molar-refractivity contribution in [2.45, 2.75) is 38.2 Å². The van der Waals surface area contributed by atoms with Crippen LogP contribution in [0.2, 0.25) is 0 Å². The van der Waals surface area contributed by atoms with Gasteiger partial charge >= 0.3 is 5.97 Å². The van der Waals surface area contributed by atoms with Gasteiger partial charge in [0.1, 0.15) is 11.7 Å². The van der Waals surface area contributed by atoms with Gasteiger partial charge < -0.3 is 14.6 Å². The summed E-state index contributed by atoms with van der Waals surface area (Å²) in [5.41, 5.74) is 0.541. The zero-order chi connectivity index (χ0) is 14.9. The Labute approximate surface area is 130 Å². The summed E-state index contributed by atoms with van der Waals surface area (Å²) in [6, 6.07) is 1.01. The minimum atomic E-state index is -0.942. The highest BCUT2D eigenvalue weighted by atomic mass is 79.9. The largest absolute Gasteiger partial charge is 0.480 e. The number of amides is 1. The third kappa shape index (κ3) is 2.88. The summed E-state index contributed by atoms with van der Waals surface area (Å²) >= 11 is 4.87. The quantitative estimate of drug-likeness (QED) is 0.896. The van der Waals surface area contributed by atoms with E-state index in [4.69, 9.17) is 0 Å². The molecule has 2 heterocycles. The van der Waals surface area contributed by atoms with E-state index in [1.165, 1.54) is 16.7 Å². The first kappa shape index (κ1) is 15.4. The molecule has 2 unspecified atom stereocenters. The molecule has 0 radical (unpaired) electrons. The maximum Gasteiger partial charge on any atom is 0.327 e. The summed E-state index contributed by atoms with van der Waals surface area (Å²) in [4.78, 5) is 25.4. The zero-order valence-corrected chi connectivity index (χ0v) is 13.8. The fourth-order valence-corrected chi connectivity index (χ4v) is 3.98. The molecule has 1 saturated heterocycles. The van der Waals surface area contributed by atoms with Crippen molar-refractivity contribution in [3.05, 3.63) is 22.4 Å². The van der Waals surface area contributed by atoms with E-state index in [-0.39, 0.29) is 11.3 Å². The normalized spacial score (nSPS) is 22.2. The second-order valence-corrected chi connectivity index (χ2v) is 7.00. The van der Waals surface area contributed by atoms with Gasteiger partial charge in [0.25, 0.3) is 5.91 Å². The molecular formula is C13H17BrN2O3S. The average Bonchev–Trinajstić information content (AvgIpc) is 2.92. The molecule has 1 aromatic heterocycles. The molecule has 1 aliphatic rings. The number of carboxylic acid groups (broad SMARTS) is 1. The van der Waals surface area contributed by atoms with Gasteiger partial charge in [0.15, 0.2) is 0 Å². The van der Waals surface area contributed by atoms with Crippen LogP contribution in [-0.2, 0) is 11.3 Å². The summed E-state index contributed by atoms with van der Waals surface area (Å²) in [7, 11) is 0. The van der Waals surface area contributed by atoms with Crippen LogP contribution in [0.15, 0.2) is 16.7 Å². The number of carboxylic acids is 1. The van der Waals surface area contributed by atoms with Crippen LogP contribution in [0.3, 0.4) is 0 Å². The standard InChI is InChI=1S/C13H17BrN2O3S/c1-3-4-15-6-9(14)5-10(15)12(17)16-8(2)20-7-11(16)13(18)19/h5-6,8,11H,3-4,7H2,1-2H3,(H,18,19). The maximum absolute atomic E-state index is 12.7. The highest BCUT2D eigenvalue weighted by Gasteiger charge is 2.40. The Hall–Kier alpha value is -0.950. The average molecular weight is 361 g/mol. The molecule has 110 valence electrons. The van der Waals surface area contributed by atoms with Gasteiger partial charge in [0, 0.05) is 23.0 Å². The van der Waals surface area contributed by atoms with Crippen molar-refractivity contribution < 1.29 is 14.7 Å². The van der Waals surface area contributed by atoms with Crippen molar-refractivity contribution in [2.24, 2.45) is 0 Å². The van der Waals surface area contributed by atoms with Crippen LogP contribution in [0, 0.1) is 0 Å². The van der Waals surface area contributed by atoms with E-state index >= 15 is 0 Å². The van der Waals surface area contributed by atoms with Crippen LogP contribution >= 0.6 is 27.7 Å². The molecule has 7 heteroatoms. The predicted octanol–water partition coefficient (Wildman–Crippen LogP) is 2.65. The third-order valence-electron chi connectivity index (χ3n) is 3.29. The van der Waals surface area contributed by atoms with Crippen molar-refractivity contribution in [1.29, 1.82) is 0 Å². The van der Waals surface area contributed by atoms with E-state index in [0.717, 1.165) is 17.4 Å². The van der Waals surface area contributed by atoms with Gasteiger partial charge in [-0.1, -0.05) is 6.92 Å². The number of rotatable bonds is 4. The van der Waals surface area contributed by atoms with Crippen LogP contribution in [0.4, 0.5) is 0 Å². The van der Waals surface area contributed by atoms with Crippen LogP contribution in [0.1, 0.15) is 30.8 Å². The van der Waals surface area contributed by atoms with Crippen LogP contribution in [-0.4, -0.2) is 43.6 Å². The van der Waals surface area contributed by atoms with E-state index in [0.29, 0.717) is 11.4 Å². The fourth-order valence-electron chi connectivity index (χ4n) is 2.35. The molecule has 0 saturated carbocycles. The molecule has 1 N–H and O–H groups in total. The molecule has 0 bridgehead atoms. The minimum Gasteiger partial charge on any atom is -0.480 e. The molecule has 1 aromatic rings. The monoisotopic (exact) mass is 360 g/mol. The lowest BCUT2D eigenvalue weighted by atomic mass is 10.2. The summed E-state index contributed by atoms with van der Waals surface area (Å²) in [5.74, 6) is -0.713. The van der Waals surface area contributed by atoms with E-state index in [2.05, 4.69) is 15.9 Å². The Morgan fingerprint density at radius 1 is 1.55 bits per heavy atom. The molecule has 0 spiro atoms. The Balaban J connectivity index is 2.32. The number of thioether (sulfide) groups is 1. The first-order chi connectivity index (χ1) is 9.45. The Morgan fingerprint density at radius 2 is 2.25 bits per heavy atom. The van der Waals surface area contributed by atoms with Crippen LogP contribution in [0.25, 0.3) is 0 Å². The molecule has 2 atom stereocenters. The lowest BCUT2D eigenvalue weighted by molar-refractivity contribution is -0.141. The van der Waals surface area contributed by atoms with Gasteiger partial charge in [-0.15, -0.1) is 11.8 Å². The smallest absolute Gasteiger partial charge is 0.327 e. The Kier molecular flexibility index (Phi) is 4.80. The van der Waals surface area contributed by atoms with Gasteiger partial charge in [-0.2, -0.15) is 0 Å². The number of nitrogens with zero attached hydrogens (tertiary/aromatic N) is 2. The molecule has 5 nitrogen and oxygen atoms in total. The van der Waals surface area contributed by atoms with E-state index in [9.17, 15) is 14.7 Å². The number of carbonyl (C=O) groups is 2. The second-order valence-electron chi connectivity index (χ2n) is 4.74. The topological polar surface area (TPSA) is 62.5 Å². The van der Waals surface area contributed by atoms with Crippen LogP contribution < -0.4 is 0 Å². The van der Waals surface area contributed by atoms with Crippen molar-refractivity contribution in [3.63, 3.8) is 0 Å². The second kappa shape index (κ2) is 6.22. The van der Waals surface area contributed by atoms with Crippen molar-refractivity contribution in [2.75, 3.05) is 5.75 Å². The van der Waals surface area contributed by atoms with Crippen molar-refractivity contribution in [1.82, 2.24) is 9.47 Å². The summed E-state index contributed by atoms with van der Waals surface area (Å²) in [6.07, 6.45) is 2.77. The van der Waals surface area contributed by atoms with Gasteiger partial charge in [-0.25, -0.2) is 4.79 Å². The number of aryl methyl sites for hydroxylation is 1. The fraction of sp³-hybridized carbons (Fsp3) is 0.538. The van der Waals surface area contributed by atoms with E-state index in [1.54, 1.807) is 6.07 Å². The number of hydrogen-bond acceptors (Lipinski definition) is 3. The first-order valence-corrected chi connectivity index (χ1v) is 8.32. The van der Waals surface area contributed by atoms with E-state index in [1.807, 2.05) is 24.6 Å². The minimum absolute atomic E-state index is 0.118. The molecule has 0 aliphatic carbocycles. The molecule has 0 aromatic carbocycles. The third-order valence-corrected chi connectivity index (χ3v) is 4.94. The van der Waals surface area contributed by atoms with E-state index < -0.39 is 12.0 Å². The SMILES string of the molecule is CCCn1cc(Br)cc1C(=O)N1C(C)SCC1C(=O)O. The number of carbonyl (C=O) groups excluding carboxylic acids is 1. The number of hydrogen-bond donors (Lipinski definition) is 1. The van der Waals surface area contributed by atoms with Gasteiger partial charge in [-0.05, 0) is 35.3 Å². The molecule has 20 heavy (non-hydrogen) atoms. The van der Waals surface area contributed by atoms with Crippen molar-refractivity contribution in [3.8, 4) is 0 Å². The first-order valence-electron chi connectivity index (χ1n) is 6.48. The molecule has 1 amide bonds. The lowest BCUT2D eigenvalue weighted by Gasteiger charge is -2.25. The number of aromatic nitrogens is 1. The number of aliphatic carboxylic acids is 1. The zero-order valence-electron chi connectivity index (χ0n) is 11.4. The highest BCUT2D eigenvalue weighted by Crippen LogP contribution is 2.31. The molecular weight excluding hydrogens is 344 g/mol. The molecule has 1 aliphatic heterocycles. The maximum atomic E-state index is 12.7. The number of halogens is 1. The van der Waals surface area contributed by atoms with Gasteiger partial charge in [0.2, 0.25) is 0 Å². The molecule has 2 rings (SSSR count). The molecule has 1 fully saturated rings. The van der Waals surface area contributed by atoms with Crippen LogP contribution in [0.5, 0.6) is 0 Å². The van der Waals surface area contributed by atoms with Gasteiger partial charge in [-0.3, -0.25) is 4.79 Å². The summed E-state index contributed by atoms with van der Waals surface area (Å²) in [5, 5.41) is 9.13. The Bertz CT molecular complexity index is 532. The highest BCUT2D eigenvalue weighted by molar-refractivity contribution is 9.10. The lowest BCUT2D eigenvalue weighted by Crippen LogP contribution is -2.45. The van der Waals surface area contributed by atoms with Crippen molar-refractivity contribution >= 4 is 39.6 Å². The predicted molar refractivity (Wildman–Crippen MR) is 81.9 cm³/mol. The summed E-state index contributed by atoms with van der Waals surface area (Å²) in [6.45, 7) is 4.64. The summed E-state index contributed by atoms with van der Waals surface area (Å²) < 4.78 is 2.71. The van der Waals surface area contributed by atoms with Gasteiger partial charge in [0.05, 0.1) is 5.37 Å².